The van der Waals surface area contributed by atoms with E-state index in [1.807, 2.05) is 161 Å². The first kappa shape index (κ1) is 170. The minimum absolute atomic E-state index is 0. The summed E-state index contributed by atoms with van der Waals surface area (Å²) in [6.07, 6.45) is 0. The molecule has 2 aliphatic rings. The Labute approximate surface area is 883 Å². The third-order valence-corrected chi connectivity index (χ3v) is 23.1. The Morgan fingerprint density at radius 2 is 0.707 bits per heavy atom. The predicted molar refractivity (Wildman–Crippen MR) is 598 cm³/mol. The van der Waals surface area contributed by atoms with Crippen LogP contribution < -0.4 is 25.2 Å². The van der Waals surface area contributed by atoms with Crippen molar-refractivity contribution in [3.05, 3.63) is 217 Å². The average molecular weight is 2270 g/mol. The van der Waals surface area contributed by atoms with Crippen LogP contribution in [0.2, 0.25) is 0 Å². The summed E-state index contributed by atoms with van der Waals surface area (Å²) in [6.45, 7) is 92.2. The van der Waals surface area contributed by atoms with Gasteiger partial charge in [0.05, 0.1) is 55.8 Å². The Hall–Kier alpha value is -5.50. The van der Waals surface area contributed by atoms with Gasteiger partial charge in [-0.3, -0.25) is 24.2 Å². The number of hydrogen-bond acceptors (Lipinski definition) is 12. The first-order chi connectivity index (χ1) is 53.0. The van der Waals surface area contributed by atoms with Crippen LogP contribution in [0, 0.1) is 70.0 Å². The minimum atomic E-state index is -0.754. The summed E-state index contributed by atoms with van der Waals surface area (Å²) in [5, 5.41) is 21.3. The molecule has 0 saturated heterocycles. The number of likely N-dealkylation sites (N-methyl/N-ethyl adjacent to an activating group) is 2. The van der Waals surface area contributed by atoms with E-state index >= 15 is 0 Å². The fourth-order valence-electron chi connectivity index (χ4n) is 14.8. The number of imidazole rings is 1. The zero-order chi connectivity index (χ0) is 89.9. The molecular weight excluding hydrogens is 2050 g/mol. The molecule has 0 fully saturated rings. The number of para-hydroxylation sites is 8. The van der Waals surface area contributed by atoms with Gasteiger partial charge in [-0.2, -0.15) is 50.3 Å². The standard InChI is InChI=1S/C25H43N3.C19H29N3O.C18H28N4O.C14H18N2.C13H16N2.5C2H6.10CH4.4CH3.2V.2W/c1-21(2,3)24(8,9)28-19-17-15-14-16-18(19)20(26-28)22(4,5)23(6,7)25(10,11)27(12)13;1-14(23)19(5,6)22-15(2)21(18(3,4)13-20(7)8)16-11-9-10-12-17(16)22;1-13(23)18(4,5)22-15-11-9-8-10-14(15)21(16(22)19)17(2,3)12-20(6)7;1-10(2)15-12(5)16(11(3)4)14-9-7-6-8-13(14)15;1-9(2)13-11-7-5-6-8-12(11)15(14-13)10(3)4;5*1-2;;;;;;;;;;;;;;;;;;/h14-17H,1-13H3;9-12H,2,13H2,1,3-8H3;8-11,19H,12H2,1-7H3;6-9H,5H2,1-4H3;5-8H,1-4H3;5*1-2H3;10*1H4;4*1H3;;;;/q;;;2*-2;;;;;;;;;;;;;;;;4*-1;4*+2. The second-order valence-electron chi connectivity index (χ2n) is 35.9. The van der Waals surface area contributed by atoms with Gasteiger partial charge in [-0.1, -0.05) is 291 Å². The molecule has 5 heterocycles. The topological polar surface area (TPSA) is 126 Å². The number of carbonyl (C=O) groups is 2. The van der Waals surface area contributed by atoms with E-state index in [4.69, 9.17) is 10.5 Å². The third-order valence-electron chi connectivity index (χ3n) is 23.1. The number of nitrogens with zero attached hydrogens (tertiary/aromatic N) is 13. The number of hydrogen-bond donors (Lipinski definition) is 1. The molecule has 772 valence electrons. The van der Waals surface area contributed by atoms with Gasteiger partial charge in [-0.05, 0) is 193 Å². The number of ketones is 2. The molecule has 3 aromatic heterocycles. The Bertz CT molecular complexity index is 4380. The van der Waals surface area contributed by atoms with Crippen LogP contribution in [0.1, 0.15) is 356 Å². The molecule has 0 spiro atoms. The molecular formula is C113H216N14O2V2W2. The van der Waals surface area contributed by atoms with Gasteiger partial charge in [0, 0.05) is 46.6 Å². The molecule has 0 bridgehead atoms. The largest absolute Gasteiger partial charge is 2.00 e. The fraction of sp³-hybridized carbons (Fsp3) is 0.584. The van der Waals surface area contributed by atoms with Crippen LogP contribution in [0.4, 0.5) is 22.7 Å². The number of rotatable bonds is 19. The molecule has 133 heavy (non-hydrogen) atoms. The second kappa shape index (κ2) is 70.2. The van der Waals surface area contributed by atoms with Crippen LogP contribution in [0.25, 0.3) is 32.8 Å². The summed E-state index contributed by atoms with van der Waals surface area (Å²) in [5.41, 5.74) is 9.61. The Balaban J connectivity index is -0.0000000741. The summed E-state index contributed by atoms with van der Waals surface area (Å²) in [7, 11) is 12.6. The van der Waals surface area contributed by atoms with Gasteiger partial charge in [0.25, 0.3) is 0 Å². The fourth-order valence-corrected chi connectivity index (χ4v) is 14.8. The maximum atomic E-state index is 12.2. The number of Topliss-reactive ketones (excluding diaryl/α,β-unsaturated/α-hetero) is 2. The minimum Gasteiger partial charge on any atom is -0.479 e. The zero-order valence-electron chi connectivity index (χ0n) is 87.2. The number of anilines is 4. The summed E-state index contributed by atoms with van der Waals surface area (Å²) >= 11 is 0. The Morgan fingerprint density at radius 1 is 0.398 bits per heavy atom. The first-order valence-corrected chi connectivity index (χ1v) is 42.3. The number of fused-ring (bicyclic) bond motifs is 5. The average Bonchev–Trinajstić information content (AvgIpc) is 1.64. The summed E-state index contributed by atoms with van der Waals surface area (Å²) in [5.74, 6) is 3.30. The molecule has 0 unspecified atom stereocenters. The maximum absolute atomic E-state index is 12.2. The Morgan fingerprint density at radius 3 is 1.03 bits per heavy atom. The summed E-state index contributed by atoms with van der Waals surface area (Å²) in [4.78, 5) is 39.8. The van der Waals surface area contributed by atoms with Gasteiger partial charge in [0.2, 0.25) is 5.62 Å². The van der Waals surface area contributed by atoms with Crippen molar-refractivity contribution in [1.82, 2.24) is 43.4 Å². The molecule has 2 radical (unpaired) electrons. The van der Waals surface area contributed by atoms with Crippen molar-refractivity contribution < 1.29 is 88.8 Å². The smallest absolute Gasteiger partial charge is 0.479 e. The van der Waals surface area contributed by atoms with Gasteiger partial charge >= 0.3 is 79.2 Å². The van der Waals surface area contributed by atoms with Crippen molar-refractivity contribution in [3.8, 4) is 0 Å². The monoisotopic (exact) mass is 2270 g/mol. The Kier molecular flexibility index (Phi) is 89.8. The van der Waals surface area contributed by atoms with Crippen molar-refractivity contribution >= 4 is 67.2 Å². The molecule has 0 saturated carbocycles. The van der Waals surface area contributed by atoms with Crippen LogP contribution in [0.15, 0.2) is 146 Å². The quantitative estimate of drug-likeness (QED) is 0.0778. The van der Waals surface area contributed by atoms with Gasteiger partial charge in [-0.25, -0.2) is 22.6 Å². The molecule has 5 aromatic carbocycles. The number of carbonyl (C=O) groups excluding carboxylic acids is 2. The molecule has 0 amide bonds. The first-order valence-electron chi connectivity index (χ1n) is 42.3. The molecule has 0 atom stereocenters. The maximum Gasteiger partial charge on any atom is 2.00 e. The zero-order valence-corrected chi connectivity index (χ0v) is 95.9. The van der Waals surface area contributed by atoms with Crippen molar-refractivity contribution in [2.75, 3.05) is 75.0 Å². The van der Waals surface area contributed by atoms with Crippen molar-refractivity contribution in [3.63, 3.8) is 0 Å². The van der Waals surface area contributed by atoms with E-state index in [1.54, 1.807) is 13.8 Å². The molecule has 1 N–H and O–H groups in total. The van der Waals surface area contributed by atoms with Crippen molar-refractivity contribution in [2.45, 2.75) is 383 Å². The molecule has 2 aliphatic heterocycles. The van der Waals surface area contributed by atoms with E-state index in [2.05, 4.69) is 330 Å². The molecule has 0 aliphatic carbocycles. The second-order valence-corrected chi connectivity index (χ2v) is 35.9. The molecule has 20 heteroatoms. The molecule has 10 rings (SSSR count). The van der Waals surface area contributed by atoms with Crippen LogP contribution in [-0.4, -0.2) is 127 Å². The van der Waals surface area contributed by atoms with E-state index < -0.39 is 11.1 Å². The molecule has 16 nitrogen and oxygen atoms in total. The van der Waals surface area contributed by atoms with Gasteiger partial charge in [0.1, 0.15) is 11.4 Å². The number of benzene rings is 5. The van der Waals surface area contributed by atoms with E-state index in [0.29, 0.717) is 5.62 Å². The predicted octanol–water partition coefficient (Wildman–Crippen LogP) is 33.1. The van der Waals surface area contributed by atoms with Crippen molar-refractivity contribution in [1.29, 1.82) is 5.41 Å². The normalized spacial score (nSPS) is 11.3. The van der Waals surface area contributed by atoms with Crippen LogP contribution in [-0.2, 0) is 111 Å². The van der Waals surface area contributed by atoms with E-state index in [0.717, 1.165) is 52.8 Å². The van der Waals surface area contributed by atoms with Crippen LogP contribution >= 0.6 is 0 Å². The van der Waals surface area contributed by atoms with E-state index in [9.17, 15) is 9.59 Å². The van der Waals surface area contributed by atoms with Crippen LogP contribution in [0.5, 0.6) is 0 Å². The van der Waals surface area contributed by atoms with Crippen molar-refractivity contribution in [2.24, 2.45) is 10.8 Å². The SMILES string of the molecule is C.C.C.C.C.C.C.C.C.C.C=C1N(C(C)(C)CN(C)C)c2ccccc2N1C(C)(C)C(C)=O.C=C1N([C-](C)C)c2ccccc2N1[C-](C)C.CC.CC.CC.CC.CC.CC(=O)C(C)(C)n1c(=N)n(C(C)(C)CN(C)C)c2ccccc21.CN(C)C(C)(C)C(C)(C)C(C)(C)c1nn(C(C)(C)C(C)(C)C)c2ccccc12.C[C-](C)c1nn([C-](C)C)c2ccccc12.[CH3-].[CH3-].[CH3-].[CH3-].[V+2].[V+2].[W+2].[W+2]. The number of aromatic nitrogens is 6. The number of nitrogens with one attached hydrogen (secondary N) is 1. The van der Waals surface area contributed by atoms with E-state index in [-0.39, 0.29) is 233 Å². The molecule has 8 aromatic rings. The van der Waals surface area contributed by atoms with Gasteiger partial charge < -0.3 is 73.3 Å². The third kappa shape index (κ3) is 37.6. The van der Waals surface area contributed by atoms with E-state index in [1.165, 1.54) is 62.9 Å². The summed E-state index contributed by atoms with van der Waals surface area (Å²) < 4.78 is 8.17. The van der Waals surface area contributed by atoms with Crippen LogP contribution in [0.3, 0.4) is 0 Å². The van der Waals surface area contributed by atoms with Gasteiger partial charge in [0.15, 0.2) is 11.6 Å². The summed E-state index contributed by atoms with van der Waals surface area (Å²) in [6, 6.07) is 45.3. The van der Waals surface area contributed by atoms with Gasteiger partial charge in [-0.15, -0.1) is 26.0 Å².